The maximum Gasteiger partial charge on any atom is 0.129 e. The number of nitrogens with zero attached hydrogens (tertiary/aromatic N) is 1. The maximum atomic E-state index is 5.80. The molecule has 0 fully saturated rings. The molecule has 0 saturated heterocycles. The number of rotatable bonds is 2. The van der Waals surface area contributed by atoms with E-state index in [0.717, 1.165) is 12.1 Å². The number of thiophene rings is 1. The van der Waals surface area contributed by atoms with Crippen LogP contribution in [0.15, 0.2) is 34.0 Å². The van der Waals surface area contributed by atoms with Gasteiger partial charge in [-0.3, -0.25) is 0 Å². The molecular formula is C13H13ClN2S2. The predicted octanol–water partition coefficient (Wildman–Crippen LogP) is 4.83. The van der Waals surface area contributed by atoms with Crippen molar-refractivity contribution in [2.75, 3.05) is 5.32 Å². The average molecular weight is 297 g/mol. The molecule has 0 aliphatic carbocycles. The summed E-state index contributed by atoms with van der Waals surface area (Å²) in [6, 6.07) is 6.40. The molecule has 1 aliphatic rings. The van der Waals surface area contributed by atoms with Crippen LogP contribution in [0, 0.1) is 0 Å². The lowest BCUT2D eigenvalue weighted by atomic mass is 10.0. The second-order valence-corrected chi connectivity index (χ2v) is 7.40. The highest BCUT2D eigenvalue weighted by Crippen LogP contribution is 2.44. The van der Waals surface area contributed by atoms with Crippen molar-refractivity contribution in [3.8, 4) is 0 Å². The predicted molar refractivity (Wildman–Crippen MR) is 79.9 cm³/mol. The van der Waals surface area contributed by atoms with Crippen LogP contribution in [0.2, 0.25) is 5.15 Å². The van der Waals surface area contributed by atoms with E-state index in [1.165, 1.54) is 9.77 Å². The van der Waals surface area contributed by atoms with Gasteiger partial charge in [-0.15, -0.1) is 23.1 Å². The molecule has 18 heavy (non-hydrogen) atoms. The van der Waals surface area contributed by atoms with Crippen LogP contribution in [-0.4, -0.2) is 10.2 Å². The van der Waals surface area contributed by atoms with E-state index in [9.17, 15) is 0 Å². The van der Waals surface area contributed by atoms with E-state index in [1.807, 2.05) is 35.2 Å². The third kappa shape index (κ3) is 2.51. The van der Waals surface area contributed by atoms with Gasteiger partial charge in [-0.2, -0.15) is 0 Å². The van der Waals surface area contributed by atoms with Gasteiger partial charge in [-0.25, -0.2) is 4.98 Å². The second-order valence-electron chi connectivity index (χ2n) is 4.39. The summed E-state index contributed by atoms with van der Waals surface area (Å²) in [7, 11) is 0. The fourth-order valence-corrected chi connectivity index (χ4v) is 4.83. The summed E-state index contributed by atoms with van der Waals surface area (Å²) in [6.07, 6.45) is 2.93. The molecule has 2 aromatic rings. The smallest absolute Gasteiger partial charge is 0.129 e. The van der Waals surface area contributed by atoms with Crippen molar-refractivity contribution in [3.63, 3.8) is 0 Å². The van der Waals surface area contributed by atoms with Crippen LogP contribution in [0.25, 0.3) is 0 Å². The number of anilines is 1. The molecule has 3 heterocycles. The molecule has 3 rings (SSSR count). The van der Waals surface area contributed by atoms with Gasteiger partial charge in [0.05, 0.1) is 22.1 Å². The molecule has 1 N–H and O–H groups in total. The summed E-state index contributed by atoms with van der Waals surface area (Å²) in [6.45, 7) is 2.28. The minimum atomic E-state index is 0.380. The van der Waals surface area contributed by atoms with Crippen molar-refractivity contribution >= 4 is 40.4 Å². The van der Waals surface area contributed by atoms with E-state index in [0.29, 0.717) is 16.4 Å². The fraction of sp³-hybridized carbons (Fsp3) is 0.308. The lowest BCUT2D eigenvalue weighted by Gasteiger charge is -2.28. The number of nitrogens with one attached hydrogen (secondary N) is 1. The van der Waals surface area contributed by atoms with Crippen molar-refractivity contribution in [2.45, 2.75) is 28.8 Å². The molecule has 5 heteroatoms. The highest BCUT2D eigenvalue weighted by molar-refractivity contribution is 8.01. The van der Waals surface area contributed by atoms with Gasteiger partial charge in [-0.1, -0.05) is 18.5 Å². The minimum Gasteiger partial charge on any atom is -0.377 e. The Bertz CT molecular complexity index is 538. The number of thioether (sulfide) groups is 1. The third-order valence-electron chi connectivity index (χ3n) is 2.98. The molecule has 0 saturated carbocycles. The Kier molecular flexibility index (Phi) is 3.50. The fourth-order valence-electron chi connectivity index (χ4n) is 2.15. The Morgan fingerprint density at radius 3 is 3.06 bits per heavy atom. The largest absolute Gasteiger partial charge is 0.377 e. The van der Waals surface area contributed by atoms with E-state index >= 15 is 0 Å². The molecule has 0 aromatic carbocycles. The summed E-state index contributed by atoms with van der Waals surface area (Å²) in [5, 5.41) is 6.90. The molecule has 2 aromatic heterocycles. The summed E-state index contributed by atoms with van der Waals surface area (Å²) >= 11 is 9.61. The highest BCUT2D eigenvalue weighted by atomic mass is 35.5. The van der Waals surface area contributed by atoms with E-state index < -0.39 is 0 Å². The van der Waals surface area contributed by atoms with Crippen LogP contribution in [0.5, 0.6) is 0 Å². The molecule has 0 radical (unpaired) electrons. The van der Waals surface area contributed by atoms with Crippen molar-refractivity contribution in [1.82, 2.24) is 4.98 Å². The average Bonchev–Trinajstić information content (AvgIpc) is 2.80. The number of pyridine rings is 1. The summed E-state index contributed by atoms with van der Waals surface area (Å²) in [4.78, 5) is 4.11. The van der Waals surface area contributed by atoms with Crippen molar-refractivity contribution in [2.24, 2.45) is 0 Å². The molecule has 0 amide bonds. The van der Waals surface area contributed by atoms with Crippen molar-refractivity contribution < 1.29 is 0 Å². The van der Waals surface area contributed by atoms with Crippen LogP contribution in [0.3, 0.4) is 0 Å². The van der Waals surface area contributed by atoms with E-state index in [1.54, 1.807) is 6.20 Å². The Hall–Kier alpha value is -0.710. The first-order valence-corrected chi connectivity index (χ1v) is 7.98. The summed E-state index contributed by atoms with van der Waals surface area (Å²) in [5.74, 6) is 0. The second kappa shape index (κ2) is 5.11. The lowest BCUT2D eigenvalue weighted by molar-refractivity contribution is 0.669. The molecule has 1 aliphatic heterocycles. The first-order valence-electron chi connectivity index (χ1n) is 5.84. The lowest BCUT2D eigenvalue weighted by Crippen LogP contribution is -2.19. The van der Waals surface area contributed by atoms with Crippen LogP contribution >= 0.6 is 34.7 Å². The Balaban J connectivity index is 1.83. The van der Waals surface area contributed by atoms with Gasteiger partial charge < -0.3 is 5.32 Å². The third-order valence-corrected chi connectivity index (χ3v) is 5.55. The van der Waals surface area contributed by atoms with Crippen LogP contribution in [0.4, 0.5) is 5.69 Å². The monoisotopic (exact) mass is 296 g/mol. The molecular weight excluding hydrogens is 284 g/mol. The zero-order valence-electron chi connectivity index (χ0n) is 9.89. The topological polar surface area (TPSA) is 24.9 Å². The first kappa shape index (κ1) is 12.3. The van der Waals surface area contributed by atoms with Crippen LogP contribution in [-0.2, 0) is 0 Å². The zero-order valence-corrected chi connectivity index (χ0v) is 12.3. The van der Waals surface area contributed by atoms with E-state index in [2.05, 4.69) is 28.7 Å². The highest BCUT2D eigenvalue weighted by Gasteiger charge is 2.26. The molecule has 0 bridgehead atoms. The van der Waals surface area contributed by atoms with Gasteiger partial charge >= 0.3 is 0 Å². The number of fused-ring (bicyclic) bond motifs is 1. The number of hydrogen-bond donors (Lipinski definition) is 1. The number of hydrogen-bond acceptors (Lipinski definition) is 4. The van der Waals surface area contributed by atoms with Gasteiger partial charge in [0.2, 0.25) is 0 Å². The van der Waals surface area contributed by atoms with Crippen molar-refractivity contribution in [1.29, 1.82) is 0 Å². The van der Waals surface area contributed by atoms with Crippen LogP contribution in [0.1, 0.15) is 24.9 Å². The minimum absolute atomic E-state index is 0.380. The maximum absolute atomic E-state index is 5.80. The zero-order chi connectivity index (χ0) is 12.5. The number of halogens is 1. The first-order chi connectivity index (χ1) is 8.72. The molecule has 94 valence electrons. The van der Waals surface area contributed by atoms with Gasteiger partial charge in [-0.05, 0) is 35.6 Å². The molecule has 0 spiro atoms. The SMILES string of the molecule is C[C@H]1CC(Nc2ccc(Cl)nc2)c2ccsc2S1. The van der Waals surface area contributed by atoms with Crippen molar-refractivity contribution in [3.05, 3.63) is 40.5 Å². The molecule has 2 nitrogen and oxygen atoms in total. The normalized spacial score (nSPS) is 22.6. The summed E-state index contributed by atoms with van der Waals surface area (Å²) in [5.41, 5.74) is 2.44. The van der Waals surface area contributed by atoms with Gasteiger partial charge in [0.25, 0.3) is 0 Å². The number of aromatic nitrogens is 1. The van der Waals surface area contributed by atoms with E-state index in [-0.39, 0.29) is 0 Å². The van der Waals surface area contributed by atoms with Gasteiger partial charge in [0, 0.05) is 5.25 Å². The Morgan fingerprint density at radius 1 is 1.39 bits per heavy atom. The standard InChI is InChI=1S/C13H13ClN2S2/c1-8-6-11(10-4-5-17-13(10)18-8)16-9-2-3-12(14)15-7-9/h2-5,7-8,11,16H,6H2,1H3/t8-,11?/m0/s1. The van der Waals surface area contributed by atoms with Gasteiger partial charge in [0.1, 0.15) is 5.15 Å². The quantitative estimate of drug-likeness (QED) is 0.803. The molecule has 2 atom stereocenters. The van der Waals surface area contributed by atoms with Crippen LogP contribution < -0.4 is 5.32 Å². The Labute approximate surface area is 120 Å². The summed E-state index contributed by atoms with van der Waals surface area (Å²) < 4.78 is 1.44. The van der Waals surface area contributed by atoms with E-state index in [4.69, 9.17) is 11.6 Å². The Morgan fingerprint density at radius 2 is 2.28 bits per heavy atom. The molecule has 1 unspecified atom stereocenters. The van der Waals surface area contributed by atoms with Gasteiger partial charge in [0.15, 0.2) is 0 Å².